The summed E-state index contributed by atoms with van der Waals surface area (Å²) < 4.78 is 40.2. The molecule has 2 unspecified atom stereocenters. The Kier molecular flexibility index (Phi) is 4.76. The summed E-state index contributed by atoms with van der Waals surface area (Å²) >= 11 is 1.83. The van der Waals surface area contributed by atoms with Gasteiger partial charge in [-0.25, -0.2) is 13.2 Å². The summed E-state index contributed by atoms with van der Waals surface area (Å²) in [6, 6.07) is 1.35. The molecule has 2 N–H and O–H groups in total. The summed E-state index contributed by atoms with van der Waals surface area (Å²) in [6.45, 7) is 2.98. The van der Waals surface area contributed by atoms with Crippen molar-refractivity contribution in [1.82, 2.24) is 4.90 Å². The minimum Gasteiger partial charge on any atom is -0.329 e. The quantitative estimate of drug-likeness (QED) is 0.868. The molecule has 0 spiro atoms. The van der Waals surface area contributed by atoms with E-state index in [2.05, 4.69) is 4.90 Å². The summed E-state index contributed by atoms with van der Waals surface area (Å²) in [7, 11) is 0. The van der Waals surface area contributed by atoms with Crippen LogP contribution in [-0.4, -0.2) is 35.5 Å². The zero-order valence-electron chi connectivity index (χ0n) is 10.7. The van der Waals surface area contributed by atoms with Gasteiger partial charge in [0.1, 0.15) is 5.82 Å². The fourth-order valence-electron chi connectivity index (χ4n) is 2.44. The topological polar surface area (TPSA) is 29.3 Å². The standard InChI is InChI=1S/C13H17F3N2S/c1-8-7-19-3-2-18(8)13(6-17)9-4-11(15)12(16)5-10(9)14/h4-5,8,13H,2-3,6-7,17H2,1H3. The molecule has 1 aromatic rings. The van der Waals surface area contributed by atoms with E-state index in [9.17, 15) is 13.2 Å². The van der Waals surface area contributed by atoms with Gasteiger partial charge in [0.15, 0.2) is 11.6 Å². The van der Waals surface area contributed by atoms with E-state index < -0.39 is 23.5 Å². The molecule has 2 rings (SSSR count). The van der Waals surface area contributed by atoms with Crippen LogP contribution in [0.15, 0.2) is 12.1 Å². The Balaban J connectivity index is 2.33. The number of hydrogen-bond donors (Lipinski definition) is 1. The SMILES string of the molecule is CC1CSCCN1C(CN)c1cc(F)c(F)cc1F. The zero-order valence-corrected chi connectivity index (χ0v) is 11.5. The molecule has 6 heteroatoms. The van der Waals surface area contributed by atoms with Gasteiger partial charge in [-0.05, 0) is 13.0 Å². The van der Waals surface area contributed by atoms with Gasteiger partial charge in [-0.15, -0.1) is 0 Å². The summed E-state index contributed by atoms with van der Waals surface area (Å²) in [5.74, 6) is -1.07. The molecule has 2 nitrogen and oxygen atoms in total. The highest BCUT2D eigenvalue weighted by molar-refractivity contribution is 7.99. The van der Waals surface area contributed by atoms with Crippen molar-refractivity contribution in [1.29, 1.82) is 0 Å². The van der Waals surface area contributed by atoms with Crippen molar-refractivity contribution < 1.29 is 13.2 Å². The van der Waals surface area contributed by atoms with Gasteiger partial charge < -0.3 is 5.73 Å². The molecule has 0 amide bonds. The number of thioether (sulfide) groups is 1. The second kappa shape index (κ2) is 6.15. The van der Waals surface area contributed by atoms with Crippen LogP contribution in [0.3, 0.4) is 0 Å². The van der Waals surface area contributed by atoms with E-state index in [4.69, 9.17) is 5.73 Å². The van der Waals surface area contributed by atoms with Crippen molar-refractivity contribution in [3.05, 3.63) is 35.1 Å². The van der Waals surface area contributed by atoms with Gasteiger partial charge in [-0.3, -0.25) is 4.90 Å². The van der Waals surface area contributed by atoms with Gasteiger partial charge in [0, 0.05) is 42.3 Å². The maximum atomic E-state index is 13.9. The molecule has 0 bridgehead atoms. The Morgan fingerprint density at radius 2 is 2.00 bits per heavy atom. The van der Waals surface area contributed by atoms with Gasteiger partial charge >= 0.3 is 0 Å². The van der Waals surface area contributed by atoms with Crippen LogP contribution in [0, 0.1) is 17.5 Å². The minimum absolute atomic E-state index is 0.139. The van der Waals surface area contributed by atoms with Gasteiger partial charge in [0.05, 0.1) is 6.04 Å². The molecule has 0 aromatic heterocycles. The largest absolute Gasteiger partial charge is 0.329 e. The van der Waals surface area contributed by atoms with Crippen LogP contribution in [0.1, 0.15) is 18.5 Å². The third kappa shape index (κ3) is 3.07. The van der Waals surface area contributed by atoms with Crippen molar-refractivity contribution in [3.63, 3.8) is 0 Å². The van der Waals surface area contributed by atoms with E-state index in [0.29, 0.717) is 6.07 Å². The first-order chi connectivity index (χ1) is 9.04. The molecule has 19 heavy (non-hydrogen) atoms. The Morgan fingerprint density at radius 1 is 1.32 bits per heavy atom. The molecule has 1 aliphatic heterocycles. The van der Waals surface area contributed by atoms with E-state index in [1.807, 2.05) is 18.7 Å². The van der Waals surface area contributed by atoms with Gasteiger partial charge in [-0.2, -0.15) is 11.8 Å². The van der Waals surface area contributed by atoms with E-state index in [0.717, 1.165) is 24.1 Å². The maximum absolute atomic E-state index is 13.9. The first-order valence-electron chi connectivity index (χ1n) is 6.22. The Labute approximate surface area is 115 Å². The molecule has 0 aliphatic carbocycles. The lowest BCUT2D eigenvalue weighted by Gasteiger charge is -2.39. The van der Waals surface area contributed by atoms with Crippen molar-refractivity contribution in [3.8, 4) is 0 Å². The zero-order chi connectivity index (χ0) is 14.0. The summed E-state index contributed by atoms with van der Waals surface area (Å²) in [5, 5.41) is 0. The van der Waals surface area contributed by atoms with Gasteiger partial charge in [0.2, 0.25) is 0 Å². The van der Waals surface area contributed by atoms with Crippen molar-refractivity contribution >= 4 is 11.8 Å². The van der Waals surface area contributed by atoms with Crippen LogP contribution in [0.4, 0.5) is 13.2 Å². The van der Waals surface area contributed by atoms with Gasteiger partial charge in [-0.1, -0.05) is 0 Å². The first kappa shape index (κ1) is 14.7. The first-order valence-corrected chi connectivity index (χ1v) is 7.38. The number of rotatable bonds is 3. The Hall–Kier alpha value is -0.720. The molecule has 1 heterocycles. The Bertz CT molecular complexity index is 456. The van der Waals surface area contributed by atoms with Crippen LogP contribution in [0.2, 0.25) is 0 Å². The van der Waals surface area contributed by atoms with Crippen LogP contribution >= 0.6 is 11.8 Å². The van der Waals surface area contributed by atoms with Crippen molar-refractivity contribution in [2.45, 2.75) is 19.0 Å². The number of halogens is 3. The van der Waals surface area contributed by atoms with Crippen LogP contribution in [0.25, 0.3) is 0 Å². The molecular weight excluding hydrogens is 273 g/mol. The van der Waals surface area contributed by atoms with Crippen LogP contribution < -0.4 is 5.73 Å². The highest BCUT2D eigenvalue weighted by Crippen LogP contribution is 2.29. The van der Waals surface area contributed by atoms with Crippen molar-refractivity contribution in [2.75, 3.05) is 24.6 Å². The molecular formula is C13H17F3N2S. The molecule has 0 radical (unpaired) electrons. The fraction of sp³-hybridized carbons (Fsp3) is 0.538. The average Bonchev–Trinajstić information content (AvgIpc) is 2.38. The monoisotopic (exact) mass is 290 g/mol. The minimum atomic E-state index is -1.17. The molecule has 106 valence electrons. The maximum Gasteiger partial charge on any atom is 0.161 e. The predicted molar refractivity (Wildman–Crippen MR) is 71.6 cm³/mol. The molecule has 0 saturated carbocycles. The summed E-state index contributed by atoms with van der Waals surface area (Å²) in [6.07, 6.45) is 0. The molecule has 1 aliphatic rings. The normalized spacial score (nSPS) is 22.5. The van der Waals surface area contributed by atoms with Gasteiger partial charge in [0.25, 0.3) is 0 Å². The fourth-order valence-corrected chi connectivity index (χ4v) is 3.48. The number of nitrogens with two attached hydrogens (primary N) is 1. The average molecular weight is 290 g/mol. The van der Waals surface area contributed by atoms with E-state index in [1.165, 1.54) is 0 Å². The highest BCUT2D eigenvalue weighted by Gasteiger charge is 2.29. The highest BCUT2D eigenvalue weighted by atomic mass is 32.2. The number of benzene rings is 1. The van der Waals surface area contributed by atoms with Crippen LogP contribution in [0.5, 0.6) is 0 Å². The lowest BCUT2D eigenvalue weighted by atomic mass is 10.0. The molecule has 2 atom stereocenters. The number of nitrogens with zero attached hydrogens (tertiary/aromatic N) is 1. The Morgan fingerprint density at radius 3 is 2.63 bits per heavy atom. The summed E-state index contributed by atoms with van der Waals surface area (Å²) in [4.78, 5) is 2.06. The van der Waals surface area contributed by atoms with E-state index in [1.54, 1.807) is 0 Å². The lowest BCUT2D eigenvalue weighted by Crippen LogP contribution is -2.45. The molecule has 1 saturated heterocycles. The molecule has 1 aromatic carbocycles. The molecule has 1 fully saturated rings. The third-order valence-electron chi connectivity index (χ3n) is 3.44. The summed E-state index contributed by atoms with van der Waals surface area (Å²) in [5.41, 5.74) is 5.86. The van der Waals surface area contributed by atoms with Crippen molar-refractivity contribution in [2.24, 2.45) is 5.73 Å². The van der Waals surface area contributed by atoms with E-state index >= 15 is 0 Å². The third-order valence-corrected chi connectivity index (χ3v) is 4.63. The van der Waals surface area contributed by atoms with Crippen LogP contribution in [-0.2, 0) is 0 Å². The second-order valence-corrected chi connectivity index (χ2v) is 5.85. The lowest BCUT2D eigenvalue weighted by molar-refractivity contribution is 0.162. The smallest absolute Gasteiger partial charge is 0.161 e. The predicted octanol–water partition coefficient (Wildman–Crippen LogP) is 2.54. The van der Waals surface area contributed by atoms with E-state index in [-0.39, 0.29) is 18.2 Å². The second-order valence-electron chi connectivity index (χ2n) is 4.70. The number of hydrogen-bond acceptors (Lipinski definition) is 3.